The van der Waals surface area contributed by atoms with Crippen LogP contribution in [0.2, 0.25) is 0 Å². The van der Waals surface area contributed by atoms with Crippen LogP contribution in [0, 0.1) is 11.3 Å². The summed E-state index contributed by atoms with van der Waals surface area (Å²) in [5, 5.41) is 12.4. The van der Waals surface area contributed by atoms with Crippen LogP contribution < -0.4 is 10.2 Å². The number of nitriles is 1. The van der Waals surface area contributed by atoms with Gasteiger partial charge >= 0.3 is 0 Å². The molecule has 1 aliphatic heterocycles. The van der Waals surface area contributed by atoms with E-state index in [4.69, 9.17) is 5.26 Å². The summed E-state index contributed by atoms with van der Waals surface area (Å²) in [6.07, 6.45) is 4.08. The molecule has 2 heterocycles. The second kappa shape index (κ2) is 6.43. The van der Waals surface area contributed by atoms with Gasteiger partial charge in [-0.3, -0.25) is 0 Å². The highest BCUT2D eigenvalue weighted by molar-refractivity contribution is 5.85. The Balaban J connectivity index is 0.00000144. The van der Waals surface area contributed by atoms with Gasteiger partial charge in [-0.15, -0.1) is 12.4 Å². The Bertz CT molecular complexity index is 396. The molecule has 0 aromatic carbocycles. The summed E-state index contributed by atoms with van der Waals surface area (Å²) < 4.78 is 0. The molecule has 2 rings (SSSR count). The molecule has 5 heteroatoms. The number of pyridine rings is 1. The van der Waals surface area contributed by atoms with Gasteiger partial charge in [0.15, 0.2) is 0 Å². The van der Waals surface area contributed by atoms with Gasteiger partial charge < -0.3 is 10.2 Å². The molecule has 0 radical (unpaired) electrons. The lowest BCUT2D eigenvalue weighted by Gasteiger charge is -2.32. The third kappa shape index (κ3) is 3.09. The predicted molar refractivity (Wildman–Crippen MR) is 70.5 cm³/mol. The van der Waals surface area contributed by atoms with Gasteiger partial charge in [0, 0.05) is 25.8 Å². The third-order valence-electron chi connectivity index (χ3n) is 3.06. The molecule has 1 aromatic rings. The van der Waals surface area contributed by atoms with Crippen LogP contribution >= 0.6 is 12.4 Å². The lowest BCUT2D eigenvalue weighted by Crippen LogP contribution is -2.44. The van der Waals surface area contributed by atoms with E-state index in [-0.39, 0.29) is 12.4 Å². The minimum atomic E-state index is 0. The normalized spacial score (nSPS) is 18.9. The van der Waals surface area contributed by atoms with Gasteiger partial charge in [-0.25, -0.2) is 4.98 Å². The number of halogens is 1. The van der Waals surface area contributed by atoms with Crippen LogP contribution in [0.15, 0.2) is 18.3 Å². The lowest BCUT2D eigenvalue weighted by molar-refractivity contribution is 0.443. The zero-order chi connectivity index (χ0) is 11.4. The number of piperidine rings is 1. The molecule has 1 saturated heterocycles. The maximum Gasteiger partial charge on any atom is 0.146 e. The summed E-state index contributed by atoms with van der Waals surface area (Å²) in [6, 6.07) is 6.25. The summed E-state index contributed by atoms with van der Waals surface area (Å²) in [5.41, 5.74) is 0.649. The number of nitrogens with zero attached hydrogens (tertiary/aromatic N) is 3. The first-order valence-corrected chi connectivity index (χ1v) is 5.61. The van der Waals surface area contributed by atoms with Crippen molar-refractivity contribution in [3.8, 4) is 6.07 Å². The van der Waals surface area contributed by atoms with Crippen LogP contribution in [0.4, 0.5) is 5.82 Å². The zero-order valence-corrected chi connectivity index (χ0v) is 10.7. The van der Waals surface area contributed by atoms with Crippen molar-refractivity contribution in [2.24, 2.45) is 0 Å². The molecule has 1 aliphatic rings. The largest absolute Gasteiger partial charge is 0.354 e. The Morgan fingerprint density at radius 2 is 2.41 bits per heavy atom. The molecule has 17 heavy (non-hydrogen) atoms. The molecule has 4 nitrogen and oxygen atoms in total. The van der Waals surface area contributed by atoms with E-state index in [0.29, 0.717) is 11.6 Å². The molecule has 1 N–H and O–H groups in total. The van der Waals surface area contributed by atoms with E-state index in [1.54, 1.807) is 12.3 Å². The van der Waals surface area contributed by atoms with Crippen molar-refractivity contribution < 1.29 is 0 Å². The molecule has 1 atom stereocenters. The summed E-state index contributed by atoms with van der Waals surface area (Å²) in [6.45, 7) is 2.07. The van der Waals surface area contributed by atoms with Gasteiger partial charge in [0.1, 0.15) is 11.9 Å². The van der Waals surface area contributed by atoms with Crippen molar-refractivity contribution in [1.29, 1.82) is 5.26 Å². The summed E-state index contributed by atoms with van der Waals surface area (Å²) >= 11 is 0. The average molecular weight is 253 g/mol. The minimum absolute atomic E-state index is 0. The molecule has 1 aromatic heterocycles. The first-order chi connectivity index (χ1) is 7.83. The van der Waals surface area contributed by atoms with Gasteiger partial charge in [-0.1, -0.05) is 0 Å². The van der Waals surface area contributed by atoms with Crippen molar-refractivity contribution in [3.63, 3.8) is 0 Å². The Hall–Kier alpha value is -1.31. The smallest absolute Gasteiger partial charge is 0.146 e. The standard InChI is InChI=1S/C12H16N4.ClH/c1-16(11-5-3-6-14-9-11)12-10(8-13)4-2-7-15-12;/h2,4,7,11,14H,3,5-6,9H2,1H3;1H/t11-;/m0./s1. The van der Waals surface area contributed by atoms with Crippen molar-refractivity contribution in [2.45, 2.75) is 18.9 Å². The van der Waals surface area contributed by atoms with E-state index in [2.05, 4.69) is 21.3 Å². The summed E-state index contributed by atoms with van der Waals surface area (Å²) in [7, 11) is 2.01. The third-order valence-corrected chi connectivity index (χ3v) is 3.06. The van der Waals surface area contributed by atoms with Crippen LogP contribution in [0.3, 0.4) is 0 Å². The first kappa shape index (κ1) is 13.8. The molecular weight excluding hydrogens is 236 g/mol. The number of hydrogen-bond donors (Lipinski definition) is 1. The Kier molecular flexibility index (Phi) is 5.20. The van der Waals surface area contributed by atoms with E-state index >= 15 is 0 Å². The number of likely N-dealkylation sites (N-methyl/N-ethyl adjacent to an activating group) is 1. The quantitative estimate of drug-likeness (QED) is 0.868. The van der Waals surface area contributed by atoms with Crippen LogP contribution in [0.1, 0.15) is 18.4 Å². The molecule has 92 valence electrons. The highest BCUT2D eigenvalue weighted by atomic mass is 35.5. The van der Waals surface area contributed by atoms with Crippen molar-refractivity contribution in [1.82, 2.24) is 10.3 Å². The fourth-order valence-corrected chi connectivity index (χ4v) is 2.10. The Labute approximate surface area is 108 Å². The van der Waals surface area contributed by atoms with Crippen molar-refractivity contribution in [3.05, 3.63) is 23.9 Å². The van der Waals surface area contributed by atoms with Gasteiger partial charge in [-0.2, -0.15) is 5.26 Å². The van der Waals surface area contributed by atoms with Crippen LogP contribution in [0.25, 0.3) is 0 Å². The molecule has 0 saturated carbocycles. The van der Waals surface area contributed by atoms with E-state index < -0.39 is 0 Å². The van der Waals surface area contributed by atoms with E-state index in [1.807, 2.05) is 13.1 Å². The van der Waals surface area contributed by atoms with E-state index in [9.17, 15) is 0 Å². The number of rotatable bonds is 2. The topological polar surface area (TPSA) is 52.0 Å². The van der Waals surface area contributed by atoms with Gasteiger partial charge in [0.2, 0.25) is 0 Å². The number of hydrogen-bond acceptors (Lipinski definition) is 4. The lowest BCUT2D eigenvalue weighted by atomic mass is 10.1. The SMILES string of the molecule is CN(c1ncccc1C#N)[C@H]1CCCNC1.Cl. The fraction of sp³-hybridized carbons (Fsp3) is 0.500. The second-order valence-corrected chi connectivity index (χ2v) is 4.10. The molecule has 0 unspecified atom stereocenters. The van der Waals surface area contributed by atoms with Gasteiger partial charge in [0.25, 0.3) is 0 Å². The van der Waals surface area contributed by atoms with Gasteiger partial charge in [0.05, 0.1) is 5.56 Å². The summed E-state index contributed by atoms with van der Waals surface area (Å²) in [4.78, 5) is 6.42. The highest BCUT2D eigenvalue weighted by Gasteiger charge is 2.20. The predicted octanol–water partition coefficient (Wildman–Crippen LogP) is 1.56. The number of anilines is 1. The van der Waals surface area contributed by atoms with Crippen LogP contribution in [0.5, 0.6) is 0 Å². The molecular formula is C12H17ClN4. The first-order valence-electron chi connectivity index (χ1n) is 5.61. The van der Waals surface area contributed by atoms with E-state index in [0.717, 1.165) is 25.3 Å². The number of aromatic nitrogens is 1. The molecule has 1 fully saturated rings. The molecule has 0 aliphatic carbocycles. The summed E-state index contributed by atoms with van der Waals surface area (Å²) in [5.74, 6) is 0.790. The van der Waals surface area contributed by atoms with Crippen LogP contribution in [-0.4, -0.2) is 31.2 Å². The van der Waals surface area contributed by atoms with Crippen LogP contribution in [-0.2, 0) is 0 Å². The number of nitrogens with one attached hydrogen (secondary N) is 1. The fourth-order valence-electron chi connectivity index (χ4n) is 2.10. The monoisotopic (exact) mass is 252 g/mol. The second-order valence-electron chi connectivity index (χ2n) is 4.10. The van der Waals surface area contributed by atoms with E-state index in [1.165, 1.54) is 6.42 Å². The molecule has 0 amide bonds. The van der Waals surface area contributed by atoms with Gasteiger partial charge in [-0.05, 0) is 31.5 Å². The molecule has 0 bridgehead atoms. The Morgan fingerprint density at radius 1 is 1.59 bits per heavy atom. The highest BCUT2D eigenvalue weighted by Crippen LogP contribution is 2.19. The minimum Gasteiger partial charge on any atom is -0.354 e. The van der Waals surface area contributed by atoms with Crippen molar-refractivity contribution >= 4 is 18.2 Å². The average Bonchev–Trinajstić information content (AvgIpc) is 2.39. The maximum atomic E-state index is 9.03. The van der Waals surface area contributed by atoms with Crippen molar-refractivity contribution in [2.75, 3.05) is 25.0 Å². The molecule has 0 spiro atoms. The zero-order valence-electron chi connectivity index (χ0n) is 9.89. The Morgan fingerprint density at radius 3 is 3.06 bits per heavy atom. The maximum absolute atomic E-state index is 9.03.